The molecule has 1 aliphatic heterocycles. The first-order valence-corrected chi connectivity index (χ1v) is 6.95. The Morgan fingerprint density at radius 1 is 1.38 bits per heavy atom. The van der Waals surface area contributed by atoms with Gasteiger partial charge < -0.3 is 5.32 Å². The Hall–Kier alpha value is -0.290. The SMILES string of the molecule is CC1SCCC1Nc1cc(F)c(Br)cc1F. The monoisotopic (exact) mass is 307 g/mol. The van der Waals surface area contributed by atoms with Crippen LogP contribution in [0.2, 0.25) is 0 Å². The maximum atomic E-state index is 13.5. The molecule has 16 heavy (non-hydrogen) atoms. The molecule has 5 heteroatoms. The average Bonchev–Trinajstić information content (AvgIpc) is 2.61. The number of rotatable bonds is 2. The van der Waals surface area contributed by atoms with E-state index in [1.165, 1.54) is 6.07 Å². The summed E-state index contributed by atoms with van der Waals surface area (Å²) < 4.78 is 27.0. The smallest absolute Gasteiger partial charge is 0.147 e. The van der Waals surface area contributed by atoms with Crippen molar-refractivity contribution in [3.8, 4) is 0 Å². The highest BCUT2D eigenvalue weighted by Gasteiger charge is 2.24. The van der Waals surface area contributed by atoms with Crippen LogP contribution in [-0.4, -0.2) is 17.0 Å². The molecule has 88 valence electrons. The van der Waals surface area contributed by atoms with Crippen molar-refractivity contribution in [1.29, 1.82) is 0 Å². The number of thioether (sulfide) groups is 1. The van der Waals surface area contributed by atoms with Gasteiger partial charge in [0.05, 0.1) is 10.2 Å². The summed E-state index contributed by atoms with van der Waals surface area (Å²) in [5, 5.41) is 3.51. The summed E-state index contributed by atoms with van der Waals surface area (Å²) in [5.41, 5.74) is 0.250. The van der Waals surface area contributed by atoms with E-state index in [0.717, 1.165) is 18.2 Å². The first-order chi connectivity index (χ1) is 7.58. The second-order valence-electron chi connectivity index (χ2n) is 3.86. The van der Waals surface area contributed by atoms with Crippen LogP contribution >= 0.6 is 27.7 Å². The minimum atomic E-state index is -0.442. The lowest BCUT2D eigenvalue weighted by atomic mass is 10.1. The summed E-state index contributed by atoms with van der Waals surface area (Å²) in [7, 11) is 0. The minimum absolute atomic E-state index is 0.157. The van der Waals surface area contributed by atoms with E-state index in [0.29, 0.717) is 5.25 Å². The van der Waals surface area contributed by atoms with E-state index in [1.54, 1.807) is 0 Å². The van der Waals surface area contributed by atoms with E-state index in [-0.39, 0.29) is 16.2 Å². The summed E-state index contributed by atoms with van der Waals surface area (Å²) in [4.78, 5) is 0. The van der Waals surface area contributed by atoms with Crippen LogP contribution in [0.15, 0.2) is 16.6 Å². The van der Waals surface area contributed by atoms with E-state index in [4.69, 9.17) is 0 Å². The quantitative estimate of drug-likeness (QED) is 0.828. The fourth-order valence-electron chi connectivity index (χ4n) is 1.75. The van der Waals surface area contributed by atoms with Gasteiger partial charge >= 0.3 is 0 Å². The highest BCUT2D eigenvalue weighted by molar-refractivity contribution is 9.10. The molecule has 1 heterocycles. The second kappa shape index (κ2) is 4.92. The predicted molar refractivity (Wildman–Crippen MR) is 68.0 cm³/mol. The van der Waals surface area contributed by atoms with E-state index >= 15 is 0 Å². The predicted octanol–water partition coefficient (Wildman–Crippen LogP) is 4.03. The topological polar surface area (TPSA) is 12.0 Å². The zero-order valence-corrected chi connectivity index (χ0v) is 11.2. The molecule has 2 atom stereocenters. The van der Waals surface area contributed by atoms with Crippen LogP contribution < -0.4 is 5.32 Å². The lowest BCUT2D eigenvalue weighted by Crippen LogP contribution is -2.25. The average molecular weight is 308 g/mol. The van der Waals surface area contributed by atoms with Crippen LogP contribution in [0, 0.1) is 11.6 Å². The van der Waals surface area contributed by atoms with Crippen LogP contribution in [0.25, 0.3) is 0 Å². The summed E-state index contributed by atoms with van der Waals surface area (Å²) in [5.74, 6) is 0.207. The van der Waals surface area contributed by atoms with Gasteiger partial charge in [-0.3, -0.25) is 0 Å². The van der Waals surface area contributed by atoms with Gasteiger partial charge in [-0.25, -0.2) is 8.78 Å². The van der Waals surface area contributed by atoms with Gasteiger partial charge in [-0.05, 0) is 34.2 Å². The fraction of sp³-hybridized carbons (Fsp3) is 0.455. The van der Waals surface area contributed by atoms with E-state index in [1.807, 2.05) is 11.8 Å². The van der Waals surface area contributed by atoms with Crippen molar-refractivity contribution in [1.82, 2.24) is 0 Å². The van der Waals surface area contributed by atoms with Crippen molar-refractivity contribution in [2.45, 2.75) is 24.6 Å². The Kier molecular flexibility index (Phi) is 3.74. The lowest BCUT2D eigenvalue weighted by molar-refractivity contribution is 0.592. The third-order valence-electron chi connectivity index (χ3n) is 2.73. The molecular weight excluding hydrogens is 296 g/mol. The Morgan fingerprint density at radius 3 is 2.75 bits per heavy atom. The van der Waals surface area contributed by atoms with Crippen molar-refractivity contribution in [3.63, 3.8) is 0 Å². The zero-order chi connectivity index (χ0) is 11.7. The van der Waals surface area contributed by atoms with E-state index in [2.05, 4.69) is 28.2 Å². The van der Waals surface area contributed by atoms with Crippen molar-refractivity contribution < 1.29 is 8.78 Å². The number of benzene rings is 1. The molecule has 1 aliphatic rings. The maximum Gasteiger partial charge on any atom is 0.147 e. The van der Waals surface area contributed by atoms with Crippen LogP contribution in [0.3, 0.4) is 0 Å². The molecule has 0 spiro atoms. The van der Waals surface area contributed by atoms with Gasteiger partial charge in [0.2, 0.25) is 0 Å². The number of hydrogen-bond acceptors (Lipinski definition) is 2. The van der Waals surface area contributed by atoms with Crippen LogP contribution in [0.5, 0.6) is 0 Å². The van der Waals surface area contributed by atoms with Gasteiger partial charge in [0.25, 0.3) is 0 Å². The van der Waals surface area contributed by atoms with Gasteiger partial charge in [-0.15, -0.1) is 0 Å². The minimum Gasteiger partial charge on any atom is -0.379 e. The molecule has 2 unspecified atom stereocenters. The van der Waals surface area contributed by atoms with Crippen LogP contribution in [0.1, 0.15) is 13.3 Å². The molecule has 2 rings (SSSR count). The zero-order valence-electron chi connectivity index (χ0n) is 8.77. The summed E-state index contributed by atoms with van der Waals surface area (Å²) >= 11 is 4.81. The van der Waals surface area contributed by atoms with Crippen molar-refractivity contribution in [3.05, 3.63) is 28.2 Å². The number of nitrogens with one attached hydrogen (secondary N) is 1. The Morgan fingerprint density at radius 2 is 2.12 bits per heavy atom. The molecule has 0 radical (unpaired) electrons. The number of halogens is 3. The largest absolute Gasteiger partial charge is 0.379 e. The normalized spacial score (nSPS) is 24.8. The van der Waals surface area contributed by atoms with Gasteiger partial charge in [0, 0.05) is 17.4 Å². The number of hydrogen-bond donors (Lipinski definition) is 1. The lowest BCUT2D eigenvalue weighted by Gasteiger charge is -2.18. The molecule has 1 fully saturated rings. The molecule has 0 amide bonds. The highest BCUT2D eigenvalue weighted by Crippen LogP contribution is 2.31. The first-order valence-electron chi connectivity index (χ1n) is 5.10. The molecule has 1 aromatic rings. The standard InChI is InChI=1S/C11H12BrF2NS/c1-6-10(2-3-16-6)15-11-5-8(13)7(12)4-9(11)14/h4-6,10,15H,2-3H2,1H3. The first kappa shape index (κ1) is 12.2. The molecular formula is C11H12BrF2NS. The fourth-order valence-corrected chi connectivity index (χ4v) is 3.27. The molecule has 0 aliphatic carbocycles. The Labute approximate surface area is 106 Å². The molecule has 0 bridgehead atoms. The van der Waals surface area contributed by atoms with E-state index in [9.17, 15) is 8.78 Å². The van der Waals surface area contributed by atoms with Crippen molar-refractivity contribution in [2.24, 2.45) is 0 Å². The Balaban J connectivity index is 2.18. The summed E-state index contributed by atoms with van der Waals surface area (Å²) in [6.45, 7) is 2.10. The third kappa shape index (κ3) is 2.51. The number of anilines is 1. The Bertz CT molecular complexity index is 400. The van der Waals surface area contributed by atoms with Crippen molar-refractivity contribution in [2.75, 3.05) is 11.1 Å². The third-order valence-corrected chi connectivity index (χ3v) is 4.66. The van der Waals surface area contributed by atoms with Gasteiger partial charge in [-0.1, -0.05) is 6.92 Å². The molecule has 1 nitrogen and oxygen atoms in total. The van der Waals surface area contributed by atoms with E-state index < -0.39 is 11.6 Å². The highest BCUT2D eigenvalue weighted by atomic mass is 79.9. The van der Waals surface area contributed by atoms with Crippen LogP contribution in [-0.2, 0) is 0 Å². The second-order valence-corrected chi connectivity index (χ2v) is 6.20. The molecule has 1 aromatic carbocycles. The maximum absolute atomic E-state index is 13.5. The van der Waals surface area contributed by atoms with Crippen molar-refractivity contribution >= 4 is 33.4 Å². The van der Waals surface area contributed by atoms with Crippen LogP contribution in [0.4, 0.5) is 14.5 Å². The van der Waals surface area contributed by atoms with Gasteiger partial charge in [0.15, 0.2) is 0 Å². The van der Waals surface area contributed by atoms with Gasteiger partial charge in [-0.2, -0.15) is 11.8 Å². The molecule has 1 N–H and O–H groups in total. The summed E-state index contributed by atoms with van der Waals surface area (Å²) in [6, 6.07) is 2.58. The molecule has 0 aromatic heterocycles. The summed E-state index contributed by atoms with van der Waals surface area (Å²) in [6.07, 6.45) is 0.989. The van der Waals surface area contributed by atoms with Gasteiger partial charge in [0.1, 0.15) is 11.6 Å². The molecule has 1 saturated heterocycles. The molecule has 0 saturated carbocycles.